The summed E-state index contributed by atoms with van der Waals surface area (Å²) < 4.78 is 2.35. The summed E-state index contributed by atoms with van der Waals surface area (Å²) in [6.45, 7) is 0.453. The quantitative estimate of drug-likeness (QED) is 0.203. The van der Waals surface area contributed by atoms with E-state index >= 15 is 0 Å². The van der Waals surface area contributed by atoms with E-state index in [2.05, 4.69) is 162 Å². The molecule has 0 fully saturated rings. The number of hydrogen-bond donors (Lipinski definition) is 1. The van der Waals surface area contributed by atoms with Crippen LogP contribution in [0.2, 0.25) is 0 Å². The molecule has 1 aliphatic carbocycles. The lowest BCUT2D eigenvalue weighted by Gasteiger charge is -2.15. The summed E-state index contributed by atoms with van der Waals surface area (Å²) in [5.74, 6) is 0. The van der Waals surface area contributed by atoms with Crippen LogP contribution in [-0.4, -0.2) is 10.3 Å². The minimum Gasteiger partial charge on any atom is -0.398 e. The second-order valence-electron chi connectivity index (χ2n) is 12.5. The average molecular weight is 628 g/mol. The van der Waals surface area contributed by atoms with Crippen LogP contribution >= 0.6 is 0 Å². The van der Waals surface area contributed by atoms with Crippen molar-refractivity contribution >= 4 is 54.8 Å². The molecule has 232 valence electrons. The number of allylic oxidation sites excluding steroid dienone is 5. The Morgan fingerprint density at radius 2 is 1.18 bits per heavy atom. The van der Waals surface area contributed by atoms with Crippen molar-refractivity contribution in [1.29, 1.82) is 0 Å². The SMILES string of the molecule is N/C(=C1/C=CC=C/C1=N/Cn1c2ccccc2c2c3ccccc3c(-c3cccc4ccccc34)cc21)c1ccc(-c2ccccc2)cc1. The largest absolute Gasteiger partial charge is 0.398 e. The number of para-hydroxylation sites is 1. The van der Waals surface area contributed by atoms with Gasteiger partial charge in [0.05, 0.1) is 16.7 Å². The van der Waals surface area contributed by atoms with Crippen molar-refractivity contribution in [2.45, 2.75) is 6.67 Å². The standard InChI is InChI=1S/C46H33N3/c47-46(34-27-25-32(26-28-34)31-13-2-1-3-14-31)39-20-8-10-23-42(39)48-30-49-43-24-11-9-21-40(43)45-38-19-7-6-18-37(38)41(29-44(45)49)36-22-12-16-33-15-4-5-17-35(33)36/h1-29H,30,47H2/b46-39-,48-42-. The van der Waals surface area contributed by atoms with Gasteiger partial charge in [-0.3, -0.25) is 4.99 Å². The predicted octanol–water partition coefficient (Wildman–Crippen LogP) is 11.3. The third-order valence-electron chi connectivity index (χ3n) is 9.74. The first kappa shape index (κ1) is 28.7. The summed E-state index contributed by atoms with van der Waals surface area (Å²) in [7, 11) is 0. The van der Waals surface area contributed by atoms with Gasteiger partial charge in [-0.1, -0.05) is 158 Å². The maximum atomic E-state index is 6.88. The smallest absolute Gasteiger partial charge is 0.115 e. The monoisotopic (exact) mass is 627 g/mol. The van der Waals surface area contributed by atoms with Crippen LogP contribution in [0.1, 0.15) is 5.56 Å². The van der Waals surface area contributed by atoms with Gasteiger partial charge in [-0.05, 0) is 67.6 Å². The second-order valence-corrected chi connectivity index (χ2v) is 12.5. The Morgan fingerprint density at radius 1 is 0.531 bits per heavy atom. The molecule has 7 aromatic carbocycles. The maximum Gasteiger partial charge on any atom is 0.115 e. The number of nitrogens with zero attached hydrogens (tertiary/aromatic N) is 2. The van der Waals surface area contributed by atoms with E-state index in [4.69, 9.17) is 10.7 Å². The van der Waals surface area contributed by atoms with Crippen LogP contribution in [0.25, 0.3) is 71.3 Å². The number of rotatable bonds is 5. The highest BCUT2D eigenvalue weighted by Crippen LogP contribution is 2.42. The molecule has 0 saturated carbocycles. The molecular weight excluding hydrogens is 595 g/mol. The van der Waals surface area contributed by atoms with E-state index in [1.165, 1.54) is 49.0 Å². The lowest BCUT2D eigenvalue weighted by atomic mass is 9.92. The van der Waals surface area contributed by atoms with Gasteiger partial charge in [0.1, 0.15) is 6.67 Å². The number of fused-ring (bicyclic) bond motifs is 6. The third kappa shape index (κ3) is 4.95. The molecule has 0 amide bonds. The van der Waals surface area contributed by atoms with Crippen LogP contribution in [0.5, 0.6) is 0 Å². The summed E-state index contributed by atoms with van der Waals surface area (Å²) in [6, 6.07) is 54.0. The molecule has 0 saturated heterocycles. The molecule has 0 aliphatic heterocycles. The summed E-state index contributed by atoms with van der Waals surface area (Å²) in [5.41, 5.74) is 17.5. The fourth-order valence-electron chi connectivity index (χ4n) is 7.36. The van der Waals surface area contributed by atoms with E-state index < -0.39 is 0 Å². The molecule has 49 heavy (non-hydrogen) atoms. The van der Waals surface area contributed by atoms with Gasteiger partial charge in [0, 0.05) is 22.0 Å². The van der Waals surface area contributed by atoms with Gasteiger partial charge in [0.2, 0.25) is 0 Å². The predicted molar refractivity (Wildman–Crippen MR) is 209 cm³/mol. The van der Waals surface area contributed by atoms with Gasteiger partial charge < -0.3 is 10.3 Å². The normalized spacial score (nSPS) is 14.8. The van der Waals surface area contributed by atoms with Crippen molar-refractivity contribution < 1.29 is 0 Å². The first-order valence-electron chi connectivity index (χ1n) is 16.7. The third-order valence-corrected chi connectivity index (χ3v) is 9.74. The van der Waals surface area contributed by atoms with Gasteiger partial charge in [0.25, 0.3) is 0 Å². The van der Waals surface area contributed by atoms with Gasteiger partial charge >= 0.3 is 0 Å². The van der Waals surface area contributed by atoms with Crippen molar-refractivity contribution in [3.05, 3.63) is 187 Å². The molecule has 0 atom stereocenters. The zero-order chi connectivity index (χ0) is 32.7. The Kier molecular flexibility index (Phi) is 7.02. The molecule has 0 unspecified atom stereocenters. The zero-order valence-electron chi connectivity index (χ0n) is 26.9. The number of hydrogen-bond acceptors (Lipinski definition) is 2. The first-order chi connectivity index (χ1) is 24.2. The van der Waals surface area contributed by atoms with Crippen LogP contribution in [0, 0.1) is 0 Å². The van der Waals surface area contributed by atoms with Crippen molar-refractivity contribution in [3.63, 3.8) is 0 Å². The first-order valence-corrected chi connectivity index (χ1v) is 16.7. The van der Waals surface area contributed by atoms with Crippen LogP contribution in [0.4, 0.5) is 0 Å². The molecule has 2 N–H and O–H groups in total. The molecule has 0 radical (unpaired) electrons. The molecule has 9 rings (SSSR count). The van der Waals surface area contributed by atoms with Crippen LogP contribution < -0.4 is 5.73 Å². The number of aromatic nitrogens is 1. The Hall–Kier alpha value is -6.45. The fourth-order valence-corrected chi connectivity index (χ4v) is 7.36. The van der Waals surface area contributed by atoms with E-state index in [9.17, 15) is 0 Å². The van der Waals surface area contributed by atoms with E-state index in [-0.39, 0.29) is 0 Å². The van der Waals surface area contributed by atoms with E-state index in [0.717, 1.165) is 33.4 Å². The summed E-state index contributed by atoms with van der Waals surface area (Å²) >= 11 is 0. The Labute approximate surface area is 285 Å². The van der Waals surface area contributed by atoms with Crippen LogP contribution in [0.3, 0.4) is 0 Å². The van der Waals surface area contributed by atoms with Gasteiger partial charge in [-0.15, -0.1) is 0 Å². The van der Waals surface area contributed by atoms with Crippen molar-refractivity contribution in [2.24, 2.45) is 10.7 Å². The van der Waals surface area contributed by atoms with E-state index in [0.29, 0.717) is 12.4 Å². The van der Waals surface area contributed by atoms with Crippen molar-refractivity contribution in [1.82, 2.24) is 4.57 Å². The van der Waals surface area contributed by atoms with Crippen LogP contribution in [-0.2, 0) is 6.67 Å². The topological polar surface area (TPSA) is 43.3 Å². The Balaban J connectivity index is 1.19. The maximum absolute atomic E-state index is 6.88. The Morgan fingerprint density at radius 3 is 2.02 bits per heavy atom. The minimum absolute atomic E-state index is 0.453. The van der Waals surface area contributed by atoms with E-state index in [1.54, 1.807) is 0 Å². The molecule has 1 aliphatic rings. The highest BCUT2D eigenvalue weighted by atomic mass is 15.1. The van der Waals surface area contributed by atoms with Gasteiger partial charge in [0.15, 0.2) is 0 Å². The molecule has 0 bridgehead atoms. The number of benzene rings is 7. The van der Waals surface area contributed by atoms with Gasteiger partial charge in [-0.2, -0.15) is 0 Å². The molecule has 1 heterocycles. The van der Waals surface area contributed by atoms with Crippen molar-refractivity contribution in [3.8, 4) is 22.3 Å². The minimum atomic E-state index is 0.453. The zero-order valence-corrected chi connectivity index (χ0v) is 26.9. The lowest BCUT2D eigenvalue weighted by Crippen LogP contribution is -2.10. The van der Waals surface area contributed by atoms with Crippen LogP contribution in [0.15, 0.2) is 187 Å². The Bertz CT molecular complexity index is 2660. The molecular formula is C46H33N3. The molecule has 3 nitrogen and oxygen atoms in total. The highest BCUT2D eigenvalue weighted by Gasteiger charge is 2.18. The lowest BCUT2D eigenvalue weighted by molar-refractivity contribution is 0.794. The summed E-state index contributed by atoms with van der Waals surface area (Å²) in [5, 5.41) is 7.46. The van der Waals surface area contributed by atoms with Crippen molar-refractivity contribution in [2.75, 3.05) is 0 Å². The fraction of sp³-hybridized carbons (Fsp3) is 0.0217. The molecule has 1 aromatic heterocycles. The molecule has 0 spiro atoms. The summed E-state index contributed by atoms with van der Waals surface area (Å²) in [4.78, 5) is 5.26. The van der Waals surface area contributed by atoms with Gasteiger partial charge in [-0.25, -0.2) is 0 Å². The number of aliphatic imine (C=N–C) groups is 1. The van der Waals surface area contributed by atoms with E-state index in [1.807, 2.05) is 18.2 Å². The molecule has 3 heteroatoms. The summed E-state index contributed by atoms with van der Waals surface area (Å²) in [6.07, 6.45) is 8.19. The average Bonchev–Trinajstić information content (AvgIpc) is 3.50. The highest BCUT2D eigenvalue weighted by molar-refractivity contribution is 6.24. The number of nitrogens with two attached hydrogens (primary N) is 1. The molecule has 8 aromatic rings. The second kappa shape index (κ2) is 12.0.